The van der Waals surface area contributed by atoms with Crippen LogP contribution in [-0.4, -0.2) is 4.57 Å². The molecule has 0 N–H and O–H groups in total. The number of para-hydroxylation sites is 1. The Morgan fingerprint density at radius 3 is 2.10 bits per heavy atom. The van der Waals surface area contributed by atoms with Gasteiger partial charge in [-0.25, -0.2) is 0 Å². The first-order valence-corrected chi connectivity index (χ1v) is 6.20. The van der Waals surface area contributed by atoms with Crippen LogP contribution in [0.15, 0.2) is 54.6 Å². The molecule has 1 aromatic heterocycles. The number of rotatable bonds is 1. The van der Waals surface area contributed by atoms with Crippen molar-refractivity contribution in [1.29, 1.82) is 0 Å². The van der Waals surface area contributed by atoms with Crippen molar-refractivity contribution in [1.82, 2.24) is 4.57 Å². The predicted molar refractivity (Wildman–Crippen MR) is 73.4 cm³/mol. The van der Waals surface area contributed by atoms with Crippen LogP contribution in [0, 0.1) is 0 Å². The van der Waals surface area contributed by atoms with Gasteiger partial charge in [0.1, 0.15) is 0 Å². The number of hydrogen-bond donors (Lipinski definition) is 0. The molecule has 0 unspecified atom stereocenters. The van der Waals surface area contributed by atoms with E-state index in [9.17, 15) is 13.2 Å². The van der Waals surface area contributed by atoms with Gasteiger partial charge in [0, 0.05) is 18.0 Å². The van der Waals surface area contributed by atoms with Gasteiger partial charge in [0.2, 0.25) is 0 Å². The molecule has 0 amide bonds. The summed E-state index contributed by atoms with van der Waals surface area (Å²) in [6.07, 6.45) is -4.38. The van der Waals surface area contributed by atoms with Crippen LogP contribution in [0.25, 0.3) is 22.2 Å². The van der Waals surface area contributed by atoms with E-state index in [2.05, 4.69) is 0 Å². The van der Waals surface area contributed by atoms with Gasteiger partial charge in [-0.05, 0) is 11.6 Å². The van der Waals surface area contributed by atoms with Crippen molar-refractivity contribution in [3.63, 3.8) is 0 Å². The third-order valence-electron chi connectivity index (χ3n) is 3.44. The van der Waals surface area contributed by atoms with Gasteiger partial charge >= 0.3 is 6.18 Å². The van der Waals surface area contributed by atoms with Gasteiger partial charge in [-0.3, -0.25) is 0 Å². The van der Waals surface area contributed by atoms with Gasteiger partial charge in [0.25, 0.3) is 0 Å². The lowest BCUT2D eigenvalue weighted by atomic mass is 10.0. The Morgan fingerprint density at radius 1 is 0.850 bits per heavy atom. The summed E-state index contributed by atoms with van der Waals surface area (Å²) in [5, 5.41) is 0.237. The lowest BCUT2D eigenvalue weighted by molar-refractivity contribution is -0.135. The van der Waals surface area contributed by atoms with Crippen molar-refractivity contribution in [2.45, 2.75) is 6.18 Å². The molecule has 2 aromatic carbocycles. The van der Waals surface area contributed by atoms with Gasteiger partial charge in [-0.2, -0.15) is 13.2 Å². The van der Waals surface area contributed by atoms with Crippen LogP contribution in [-0.2, 0) is 13.2 Å². The van der Waals surface area contributed by atoms with E-state index < -0.39 is 11.7 Å². The molecule has 0 radical (unpaired) electrons. The molecular formula is C16H12F3N. The van der Waals surface area contributed by atoms with Gasteiger partial charge < -0.3 is 4.57 Å². The molecule has 0 atom stereocenters. The van der Waals surface area contributed by atoms with E-state index in [0.717, 1.165) is 0 Å². The highest BCUT2D eigenvalue weighted by atomic mass is 19.4. The fourth-order valence-corrected chi connectivity index (χ4v) is 2.61. The number of alkyl halides is 3. The number of hydrogen-bond acceptors (Lipinski definition) is 0. The van der Waals surface area contributed by atoms with Crippen LogP contribution >= 0.6 is 0 Å². The molecule has 0 aliphatic heterocycles. The number of nitrogens with zero attached hydrogens (tertiary/aromatic N) is 1. The van der Waals surface area contributed by atoms with Crippen molar-refractivity contribution in [2.24, 2.45) is 7.05 Å². The summed E-state index contributed by atoms with van der Waals surface area (Å²) >= 11 is 0. The van der Waals surface area contributed by atoms with Crippen molar-refractivity contribution < 1.29 is 13.2 Å². The Balaban J connectivity index is 2.45. The van der Waals surface area contributed by atoms with Gasteiger partial charge in [0.15, 0.2) is 0 Å². The predicted octanol–water partition coefficient (Wildman–Crippen LogP) is 4.86. The zero-order chi connectivity index (χ0) is 14.3. The Morgan fingerprint density at radius 2 is 1.45 bits per heavy atom. The minimum absolute atomic E-state index is 0.208. The molecule has 1 heterocycles. The van der Waals surface area contributed by atoms with E-state index in [1.807, 2.05) is 0 Å². The van der Waals surface area contributed by atoms with E-state index in [-0.39, 0.29) is 11.1 Å². The lowest BCUT2D eigenvalue weighted by Crippen LogP contribution is -2.07. The highest BCUT2D eigenvalue weighted by Crippen LogP contribution is 2.43. The highest BCUT2D eigenvalue weighted by molar-refractivity contribution is 5.92. The first-order chi connectivity index (χ1) is 9.50. The summed E-state index contributed by atoms with van der Waals surface area (Å²) in [5.74, 6) is 0. The molecule has 3 rings (SSSR count). The van der Waals surface area contributed by atoms with Crippen molar-refractivity contribution in [2.75, 3.05) is 0 Å². The zero-order valence-electron chi connectivity index (χ0n) is 10.8. The number of halogens is 3. The maximum atomic E-state index is 13.5. The largest absolute Gasteiger partial charge is 0.419 e. The van der Waals surface area contributed by atoms with Gasteiger partial charge in [0.05, 0.1) is 11.3 Å². The first kappa shape index (κ1) is 12.8. The first-order valence-electron chi connectivity index (χ1n) is 6.20. The summed E-state index contributed by atoms with van der Waals surface area (Å²) in [7, 11) is 1.67. The van der Waals surface area contributed by atoms with Gasteiger partial charge in [-0.1, -0.05) is 48.5 Å². The number of benzene rings is 2. The van der Waals surface area contributed by atoms with Crippen LogP contribution in [0.1, 0.15) is 5.56 Å². The van der Waals surface area contributed by atoms with Crippen LogP contribution in [0.5, 0.6) is 0 Å². The monoisotopic (exact) mass is 275 g/mol. The molecule has 4 heteroatoms. The standard InChI is InChI=1S/C16H12F3N/c1-20-13-10-6-5-9-12(13)14(16(17,18)19)15(20)11-7-3-2-4-8-11/h2-10H,1H3. The third kappa shape index (κ3) is 1.88. The van der Waals surface area contributed by atoms with Crippen molar-refractivity contribution in [3.05, 3.63) is 60.2 Å². The number of aryl methyl sites for hydroxylation is 1. The third-order valence-corrected chi connectivity index (χ3v) is 3.44. The highest BCUT2D eigenvalue weighted by Gasteiger charge is 2.38. The second-order valence-electron chi connectivity index (χ2n) is 4.66. The fourth-order valence-electron chi connectivity index (χ4n) is 2.61. The summed E-state index contributed by atoms with van der Waals surface area (Å²) in [6, 6.07) is 15.3. The van der Waals surface area contributed by atoms with E-state index in [0.29, 0.717) is 11.1 Å². The van der Waals surface area contributed by atoms with E-state index >= 15 is 0 Å². The van der Waals surface area contributed by atoms with Crippen LogP contribution in [0.3, 0.4) is 0 Å². The fraction of sp³-hybridized carbons (Fsp3) is 0.125. The second kappa shape index (κ2) is 4.40. The lowest BCUT2D eigenvalue weighted by Gasteiger charge is -2.11. The molecule has 0 bridgehead atoms. The molecule has 0 fully saturated rings. The van der Waals surface area contributed by atoms with E-state index in [4.69, 9.17) is 0 Å². The molecule has 0 saturated heterocycles. The average Bonchev–Trinajstić information content (AvgIpc) is 2.73. The summed E-state index contributed by atoms with van der Waals surface area (Å²) in [5.41, 5.74) is 0.790. The van der Waals surface area contributed by atoms with Gasteiger partial charge in [-0.15, -0.1) is 0 Å². The second-order valence-corrected chi connectivity index (χ2v) is 4.66. The minimum atomic E-state index is -4.38. The average molecular weight is 275 g/mol. The van der Waals surface area contributed by atoms with Crippen molar-refractivity contribution in [3.8, 4) is 11.3 Å². The normalized spacial score (nSPS) is 12.0. The molecule has 1 nitrogen and oxygen atoms in total. The summed E-state index contributed by atoms with van der Waals surface area (Å²) < 4.78 is 42.0. The minimum Gasteiger partial charge on any atom is -0.343 e. The maximum Gasteiger partial charge on any atom is 0.419 e. The Labute approximate surface area is 114 Å². The Kier molecular flexibility index (Phi) is 2.82. The van der Waals surface area contributed by atoms with Crippen LogP contribution in [0.4, 0.5) is 13.2 Å². The van der Waals surface area contributed by atoms with Crippen molar-refractivity contribution >= 4 is 10.9 Å². The molecule has 0 aliphatic carbocycles. The zero-order valence-corrected chi connectivity index (χ0v) is 10.8. The smallest absolute Gasteiger partial charge is 0.343 e. The molecule has 20 heavy (non-hydrogen) atoms. The number of aromatic nitrogens is 1. The summed E-state index contributed by atoms with van der Waals surface area (Å²) in [6.45, 7) is 0. The number of fused-ring (bicyclic) bond motifs is 1. The molecule has 0 spiro atoms. The quantitative estimate of drug-likeness (QED) is 0.597. The molecular weight excluding hydrogens is 263 g/mol. The van der Waals surface area contributed by atoms with Crippen LogP contribution < -0.4 is 0 Å². The van der Waals surface area contributed by atoms with E-state index in [1.54, 1.807) is 60.1 Å². The molecule has 0 saturated carbocycles. The van der Waals surface area contributed by atoms with Crippen LogP contribution in [0.2, 0.25) is 0 Å². The molecule has 102 valence electrons. The van der Waals surface area contributed by atoms with E-state index in [1.165, 1.54) is 6.07 Å². The maximum absolute atomic E-state index is 13.5. The SMILES string of the molecule is Cn1c(-c2ccccc2)c(C(F)(F)F)c2ccccc21. The Hall–Kier alpha value is -2.23. The topological polar surface area (TPSA) is 4.93 Å². The molecule has 0 aliphatic rings. The summed E-state index contributed by atoms with van der Waals surface area (Å²) in [4.78, 5) is 0. The Bertz CT molecular complexity index is 754. The molecule has 3 aromatic rings.